The third-order valence-corrected chi connectivity index (χ3v) is 1.91. The van der Waals surface area contributed by atoms with E-state index >= 15 is 0 Å². The zero-order valence-electron chi connectivity index (χ0n) is 8.88. The minimum Gasteiger partial charge on any atom is -0.491 e. The summed E-state index contributed by atoms with van der Waals surface area (Å²) in [5, 5.41) is 26.7. The van der Waals surface area contributed by atoms with Gasteiger partial charge in [-0.1, -0.05) is 0 Å². The molecule has 5 nitrogen and oxygen atoms in total. The van der Waals surface area contributed by atoms with Crippen molar-refractivity contribution in [1.29, 1.82) is 0 Å². The summed E-state index contributed by atoms with van der Waals surface area (Å²) in [5.74, 6) is -2.64. The van der Waals surface area contributed by atoms with Crippen LogP contribution in [-0.4, -0.2) is 40.1 Å². The number of ketones is 1. The molecule has 5 heteroatoms. The van der Waals surface area contributed by atoms with Gasteiger partial charge in [-0.25, -0.2) is 0 Å². The number of hydrogen-bond donors (Lipinski definition) is 3. The van der Waals surface area contributed by atoms with E-state index in [1.165, 1.54) is 24.3 Å². The second-order valence-electron chi connectivity index (χ2n) is 3.45. The van der Waals surface area contributed by atoms with Crippen molar-refractivity contribution in [2.24, 2.45) is 0 Å². The van der Waals surface area contributed by atoms with Crippen LogP contribution >= 0.6 is 0 Å². The number of carbonyl (C=O) groups excluding carboxylic acids is 1. The summed E-state index contributed by atoms with van der Waals surface area (Å²) in [6, 6.07) is 5.91. The first-order valence-corrected chi connectivity index (χ1v) is 4.78. The van der Waals surface area contributed by atoms with Crippen molar-refractivity contribution in [3.05, 3.63) is 29.8 Å². The predicted molar refractivity (Wildman–Crippen MR) is 56.2 cm³/mol. The maximum Gasteiger partial charge on any atom is 0.225 e. The number of benzene rings is 1. The summed E-state index contributed by atoms with van der Waals surface area (Å²) < 4.78 is 5.09. The average Bonchev–Trinajstić information content (AvgIpc) is 2.25. The summed E-state index contributed by atoms with van der Waals surface area (Å²) in [6.07, 6.45) is 0. The highest BCUT2D eigenvalue weighted by Gasteiger charge is 2.27. The molecule has 0 bridgehead atoms. The topological polar surface area (TPSA) is 87.0 Å². The molecule has 0 saturated carbocycles. The van der Waals surface area contributed by atoms with Gasteiger partial charge in [0.2, 0.25) is 11.6 Å². The summed E-state index contributed by atoms with van der Waals surface area (Å²) in [5.41, 5.74) is 0.184. The molecule has 0 amide bonds. The molecule has 0 aliphatic carbocycles. The Kier molecular flexibility index (Phi) is 4.00. The fourth-order valence-corrected chi connectivity index (χ4v) is 1.14. The zero-order valence-corrected chi connectivity index (χ0v) is 8.88. The quantitative estimate of drug-likeness (QED) is 0.483. The van der Waals surface area contributed by atoms with E-state index in [2.05, 4.69) is 0 Å². The lowest BCUT2D eigenvalue weighted by Gasteiger charge is -2.14. The first kappa shape index (κ1) is 12.6. The van der Waals surface area contributed by atoms with E-state index in [1.807, 2.05) is 0 Å². The molecular formula is C11H14O5. The van der Waals surface area contributed by atoms with Crippen molar-refractivity contribution in [3.63, 3.8) is 0 Å². The van der Waals surface area contributed by atoms with Gasteiger partial charge in [-0.05, 0) is 31.2 Å². The van der Waals surface area contributed by atoms with Crippen molar-refractivity contribution in [3.8, 4) is 5.75 Å². The third-order valence-electron chi connectivity index (χ3n) is 1.91. The van der Waals surface area contributed by atoms with E-state index in [-0.39, 0.29) is 18.8 Å². The number of carbonyl (C=O) groups is 1. The molecule has 0 heterocycles. The van der Waals surface area contributed by atoms with Crippen LogP contribution in [0.4, 0.5) is 0 Å². The first-order valence-electron chi connectivity index (χ1n) is 4.78. The molecule has 3 N–H and O–H groups in total. The van der Waals surface area contributed by atoms with Gasteiger partial charge in [0.05, 0.1) is 6.61 Å². The van der Waals surface area contributed by atoms with Gasteiger partial charge in [0, 0.05) is 5.56 Å². The molecule has 88 valence electrons. The lowest BCUT2D eigenvalue weighted by Crippen LogP contribution is -2.34. The van der Waals surface area contributed by atoms with Crippen molar-refractivity contribution in [2.45, 2.75) is 12.7 Å². The van der Waals surface area contributed by atoms with Crippen LogP contribution in [0.2, 0.25) is 0 Å². The van der Waals surface area contributed by atoms with Crippen LogP contribution in [-0.2, 0) is 0 Å². The van der Waals surface area contributed by atoms with Gasteiger partial charge < -0.3 is 20.1 Å². The highest BCUT2D eigenvalue weighted by molar-refractivity contribution is 6.00. The van der Waals surface area contributed by atoms with E-state index in [0.717, 1.165) is 6.92 Å². The van der Waals surface area contributed by atoms with Crippen molar-refractivity contribution >= 4 is 5.78 Å². The predicted octanol–water partition coefficient (Wildman–Crippen LogP) is -0.0588. The van der Waals surface area contributed by atoms with Crippen molar-refractivity contribution < 1.29 is 24.9 Å². The molecule has 0 aliphatic heterocycles. The summed E-state index contributed by atoms with van der Waals surface area (Å²) in [6.45, 7) is 1.09. The molecule has 0 aromatic heterocycles. The fraction of sp³-hybridized carbons (Fsp3) is 0.364. The maximum atomic E-state index is 11.4. The van der Waals surface area contributed by atoms with Crippen LogP contribution in [0.3, 0.4) is 0 Å². The Morgan fingerprint density at radius 1 is 1.31 bits per heavy atom. The minimum absolute atomic E-state index is 0.0912. The van der Waals surface area contributed by atoms with Crippen molar-refractivity contribution in [1.82, 2.24) is 0 Å². The van der Waals surface area contributed by atoms with E-state index < -0.39 is 11.6 Å². The van der Waals surface area contributed by atoms with Gasteiger partial charge in [-0.2, -0.15) is 0 Å². The number of Topliss-reactive ketones (excluding diaryl/α,β-unsaturated/α-hetero) is 1. The van der Waals surface area contributed by atoms with Crippen molar-refractivity contribution in [2.75, 3.05) is 13.2 Å². The monoisotopic (exact) mass is 226 g/mol. The van der Waals surface area contributed by atoms with Gasteiger partial charge in [0.25, 0.3) is 0 Å². The van der Waals surface area contributed by atoms with Gasteiger partial charge >= 0.3 is 0 Å². The smallest absolute Gasteiger partial charge is 0.225 e. The summed E-state index contributed by atoms with van der Waals surface area (Å²) in [4.78, 5) is 11.4. The molecule has 0 atom stereocenters. The second kappa shape index (κ2) is 5.07. The SMILES string of the molecule is CC(O)(O)C(=O)c1ccc(OCCO)cc1. The van der Waals surface area contributed by atoms with Gasteiger partial charge in [-0.15, -0.1) is 0 Å². The van der Waals surface area contributed by atoms with Gasteiger partial charge in [0.1, 0.15) is 12.4 Å². The van der Waals surface area contributed by atoms with Gasteiger partial charge in [0.15, 0.2) is 0 Å². The number of rotatable bonds is 5. The van der Waals surface area contributed by atoms with Crippen LogP contribution in [0.1, 0.15) is 17.3 Å². The highest BCUT2D eigenvalue weighted by Crippen LogP contribution is 2.15. The van der Waals surface area contributed by atoms with Crippen LogP contribution in [0.15, 0.2) is 24.3 Å². The fourth-order valence-electron chi connectivity index (χ4n) is 1.14. The lowest BCUT2D eigenvalue weighted by atomic mass is 10.0. The second-order valence-corrected chi connectivity index (χ2v) is 3.45. The Hall–Kier alpha value is -1.43. The molecule has 16 heavy (non-hydrogen) atoms. The average molecular weight is 226 g/mol. The Morgan fingerprint density at radius 3 is 2.31 bits per heavy atom. The molecule has 1 aromatic carbocycles. The van der Waals surface area contributed by atoms with Crippen LogP contribution in [0.25, 0.3) is 0 Å². The number of aliphatic hydroxyl groups excluding tert-OH is 1. The molecule has 0 unspecified atom stereocenters. The Labute approximate surface area is 92.9 Å². The Morgan fingerprint density at radius 2 is 1.88 bits per heavy atom. The van der Waals surface area contributed by atoms with Gasteiger partial charge in [-0.3, -0.25) is 4.79 Å². The number of ether oxygens (including phenoxy) is 1. The van der Waals surface area contributed by atoms with Crippen LogP contribution in [0.5, 0.6) is 5.75 Å². The first-order chi connectivity index (χ1) is 7.45. The molecular weight excluding hydrogens is 212 g/mol. The molecule has 0 spiro atoms. The normalized spacial score (nSPS) is 11.2. The van der Waals surface area contributed by atoms with Crippen LogP contribution in [0, 0.1) is 0 Å². The molecule has 1 rings (SSSR count). The van der Waals surface area contributed by atoms with E-state index in [1.54, 1.807) is 0 Å². The van der Waals surface area contributed by atoms with E-state index in [4.69, 9.17) is 20.1 Å². The third kappa shape index (κ3) is 3.30. The standard InChI is InChI=1S/C11H14O5/c1-11(14,15)10(13)8-2-4-9(5-3-8)16-7-6-12/h2-5,12,14-15H,6-7H2,1H3. The summed E-state index contributed by atoms with van der Waals surface area (Å²) >= 11 is 0. The Bertz CT molecular complexity index is 350. The zero-order chi connectivity index (χ0) is 12.2. The Balaban J connectivity index is 2.75. The summed E-state index contributed by atoms with van der Waals surface area (Å²) in [7, 11) is 0. The van der Waals surface area contributed by atoms with Crippen LogP contribution < -0.4 is 4.74 Å². The molecule has 0 radical (unpaired) electrons. The van der Waals surface area contributed by atoms with E-state index in [0.29, 0.717) is 5.75 Å². The number of hydrogen-bond acceptors (Lipinski definition) is 5. The molecule has 0 aliphatic rings. The minimum atomic E-state index is -2.37. The van der Waals surface area contributed by atoms with E-state index in [9.17, 15) is 4.79 Å². The molecule has 0 fully saturated rings. The number of aliphatic hydroxyl groups is 3. The highest BCUT2D eigenvalue weighted by atomic mass is 16.5. The largest absolute Gasteiger partial charge is 0.491 e. The maximum absolute atomic E-state index is 11.4. The molecule has 1 aromatic rings. The lowest BCUT2D eigenvalue weighted by molar-refractivity contribution is -0.106. The molecule has 0 saturated heterocycles.